The Morgan fingerprint density at radius 1 is 1.03 bits per heavy atom. The minimum absolute atomic E-state index is 0.0559. The molecule has 1 aliphatic rings. The Labute approximate surface area is 167 Å². The van der Waals surface area contributed by atoms with Gasteiger partial charge in [-0.25, -0.2) is 9.59 Å². The van der Waals surface area contributed by atoms with Crippen molar-refractivity contribution in [3.05, 3.63) is 24.3 Å². The van der Waals surface area contributed by atoms with E-state index in [1.165, 1.54) is 26.0 Å². The molecule has 0 aromatic carbocycles. The number of allylic oxidation sites excluding steroid dienone is 1. The molecule has 0 bridgehead atoms. The molecule has 10 heteroatoms. The van der Waals surface area contributed by atoms with Gasteiger partial charge in [-0.2, -0.15) is 0 Å². The van der Waals surface area contributed by atoms with Crippen LogP contribution in [0.25, 0.3) is 0 Å². The highest BCUT2D eigenvalue weighted by atomic mass is 16.6. The molecule has 1 heterocycles. The first-order valence-electron chi connectivity index (χ1n) is 8.80. The molecule has 0 aromatic heterocycles. The van der Waals surface area contributed by atoms with Crippen LogP contribution >= 0.6 is 0 Å². The normalized spacial score (nSPS) is 20.8. The summed E-state index contributed by atoms with van der Waals surface area (Å²) < 4.78 is 24.9. The van der Waals surface area contributed by atoms with Gasteiger partial charge in [-0.15, -0.1) is 0 Å². The Kier molecular flexibility index (Phi) is 9.57. The lowest BCUT2D eigenvalue weighted by molar-refractivity contribution is -0.160. The van der Waals surface area contributed by atoms with E-state index >= 15 is 0 Å². The topological polar surface area (TPSA) is 132 Å². The minimum atomic E-state index is -1.14. The lowest BCUT2D eigenvalue weighted by Gasteiger charge is -2.21. The maximum absolute atomic E-state index is 12.0. The van der Waals surface area contributed by atoms with Crippen molar-refractivity contribution in [3.63, 3.8) is 0 Å². The van der Waals surface area contributed by atoms with E-state index in [0.29, 0.717) is 0 Å². The van der Waals surface area contributed by atoms with Gasteiger partial charge in [0.05, 0.1) is 5.92 Å². The molecule has 1 aliphatic heterocycles. The molecule has 0 saturated carbocycles. The molecular weight excluding hydrogens is 388 g/mol. The van der Waals surface area contributed by atoms with E-state index in [0.717, 1.165) is 13.0 Å². The molecular formula is C19H24O10. The summed E-state index contributed by atoms with van der Waals surface area (Å²) >= 11 is 0. The zero-order chi connectivity index (χ0) is 22.0. The first kappa shape index (κ1) is 23.9. The highest BCUT2D eigenvalue weighted by Crippen LogP contribution is 2.19. The monoisotopic (exact) mass is 412 g/mol. The summed E-state index contributed by atoms with van der Waals surface area (Å²) in [6, 6.07) is 0. The summed E-state index contributed by atoms with van der Waals surface area (Å²) in [5.74, 6) is -4.03. The van der Waals surface area contributed by atoms with E-state index < -0.39 is 54.1 Å². The molecule has 1 rings (SSSR count). The van der Waals surface area contributed by atoms with Crippen molar-refractivity contribution in [3.8, 4) is 0 Å². The zero-order valence-corrected chi connectivity index (χ0v) is 16.6. The average Bonchev–Trinajstić information content (AvgIpc) is 2.95. The van der Waals surface area contributed by atoms with Gasteiger partial charge in [-0.3, -0.25) is 14.4 Å². The average molecular weight is 412 g/mol. The van der Waals surface area contributed by atoms with Crippen LogP contribution < -0.4 is 0 Å². The van der Waals surface area contributed by atoms with E-state index in [1.807, 2.05) is 0 Å². The molecule has 0 amide bonds. The van der Waals surface area contributed by atoms with Gasteiger partial charge in [0.1, 0.15) is 13.2 Å². The Balaban J connectivity index is 2.74. The number of ether oxygens (including phenoxy) is 5. The fourth-order valence-electron chi connectivity index (χ4n) is 2.43. The number of cyclic esters (lactones) is 1. The molecule has 0 aliphatic carbocycles. The number of hydrogen-bond donors (Lipinski definition) is 0. The Hall–Kier alpha value is -3.17. The molecule has 1 fully saturated rings. The van der Waals surface area contributed by atoms with Gasteiger partial charge in [-0.05, 0) is 19.1 Å². The smallest absolute Gasteiger partial charge is 0.348 e. The molecule has 160 valence electrons. The zero-order valence-electron chi connectivity index (χ0n) is 16.6. The Bertz CT molecular complexity index is 693. The second-order valence-corrected chi connectivity index (χ2v) is 6.08. The van der Waals surface area contributed by atoms with Crippen LogP contribution in [0, 0.1) is 5.92 Å². The van der Waals surface area contributed by atoms with Crippen molar-refractivity contribution in [1.29, 1.82) is 0 Å². The predicted molar refractivity (Wildman–Crippen MR) is 96.0 cm³/mol. The summed E-state index contributed by atoms with van der Waals surface area (Å²) in [5, 5.41) is 0. The van der Waals surface area contributed by atoms with Crippen molar-refractivity contribution >= 4 is 29.8 Å². The van der Waals surface area contributed by atoms with Crippen LogP contribution in [-0.4, -0.2) is 61.4 Å². The van der Waals surface area contributed by atoms with Crippen molar-refractivity contribution < 1.29 is 47.7 Å². The fraction of sp³-hybridized carbons (Fsp3) is 0.526. The van der Waals surface area contributed by atoms with E-state index in [9.17, 15) is 24.0 Å². The van der Waals surface area contributed by atoms with Crippen molar-refractivity contribution in [2.75, 3.05) is 13.2 Å². The highest BCUT2D eigenvalue weighted by molar-refractivity contribution is 5.83. The molecule has 0 radical (unpaired) electrons. The van der Waals surface area contributed by atoms with Gasteiger partial charge in [0, 0.05) is 26.8 Å². The second-order valence-electron chi connectivity index (χ2n) is 6.08. The van der Waals surface area contributed by atoms with Gasteiger partial charge in [0.25, 0.3) is 0 Å². The van der Waals surface area contributed by atoms with Crippen LogP contribution in [-0.2, 0) is 47.7 Å². The lowest BCUT2D eigenvalue weighted by atomic mass is 10.1. The second kappa shape index (κ2) is 11.6. The third-order valence-corrected chi connectivity index (χ3v) is 3.56. The van der Waals surface area contributed by atoms with E-state index in [2.05, 4.69) is 0 Å². The first-order chi connectivity index (χ1) is 13.6. The lowest BCUT2D eigenvalue weighted by Crippen LogP contribution is -2.32. The number of carbonyl (C=O) groups excluding carboxylic acids is 5. The Morgan fingerprint density at radius 2 is 1.62 bits per heavy atom. The van der Waals surface area contributed by atoms with Crippen LogP contribution in [0.5, 0.6) is 0 Å². The highest BCUT2D eigenvalue weighted by Gasteiger charge is 2.40. The van der Waals surface area contributed by atoms with Gasteiger partial charge >= 0.3 is 29.8 Å². The van der Waals surface area contributed by atoms with Crippen LogP contribution in [0.4, 0.5) is 0 Å². The van der Waals surface area contributed by atoms with Gasteiger partial charge in [-0.1, -0.05) is 6.08 Å². The van der Waals surface area contributed by atoms with Gasteiger partial charge < -0.3 is 23.7 Å². The molecule has 0 unspecified atom stereocenters. The summed E-state index contributed by atoms with van der Waals surface area (Å²) in [5.41, 5.74) is 0. The predicted octanol–water partition coefficient (Wildman–Crippen LogP) is 0.630. The minimum Gasteiger partial charge on any atom is -0.462 e. The standard InChI is InChI=1S/C19H24O10/c1-5-6-15(27-11(2)20)16(28-12(3)21)7-8-17(23)25-9-14-10-26-19(24)18(14)29-13(4)22/h5-8,14-16,18H,9-10H2,1-4H3/b6-5+,8-7+/t14-,15-,16+,18-/m0/s1. The SMILES string of the molecule is C/C=C/[C@H](OC(C)=O)[C@@H](/C=C/C(=O)OC[C@H]1COC(=O)[C@H]1OC(C)=O)OC(C)=O. The van der Waals surface area contributed by atoms with Crippen LogP contribution in [0.15, 0.2) is 24.3 Å². The summed E-state index contributed by atoms with van der Waals surface area (Å²) in [6.45, 7) is 4.92. The number of rotatable bonds is 9. The quantitative estimate of drug-likeness (QED) is 0.230. The molecule has 4 atom stereocenters. The Morgan fingerprint density at radius 3 is 2.14 bits per heavy atom. The number of esters is 5. The largest absolute Gasteiger partial charge is 0.462 e. The van der Waals surface area contributed by atoms with Crippen LogP contribution in [0.1, 0.15) is 27.7 Å². The van der Waals surface area contributed by atoms with Crippen molar-refractivity contribution in [2.45, 2.75) is 46.0 Å². The molecule has 10 nitrogen and oxygen atoms in total. The van der Waals surface area contributed by atoms with Crippen LogP contribution in [0.3, 0.4) is 0 Å². The molecule has 1 saturated heterocycles. The third-order valence-electron chi connectivity index (χ3n) is 3.56. The fourth-order valence-corrected chi connectivity index (χ4v) is 2.43. The van der Waals surface area contributed by atoms with E-state index in [4.69, 9.17) is 23.7 Å². The molecule has 29 heavy (non-hydrogen) atoms. The number of carbonyl (C=O) groups is 5. The van der Waals surface area contributed by atoms with Crippen molar-refractivity contribution in [2.24, 2.45) is 5.92 Å². The maximum Gasteiger partial charge on any atom is 0.348 e. The molecule has 0 spiro atoms. The van der Waals surface area contributed by atoms with E-state index in [1.54, 1.807) is 13.0 Å². The summed E-state index contributed by atoms with van der Waals surface area (Å²) in [6.07, 6.45) is 2.20. The van der Waals surface area contributed by atoms with Crippen LogP contribution in [0.2, 0.25) is 0 Å². The summed E-state index contributed by atoms with van der Waals surface area (Å²) in [7, 11) is 0. The molecule has 0 aromatic rings. The van der Waals surface area contributed by atoms with Gasteiger partial charge in [0.15, 0.2) is 12.2 Å². The first-order valence-corrected chi connectivity index (χ1v) is 8.80. The third kappa shape index (κ3) is 8.58. The summed E-state index contributed by atoms with van der Waals surface area (Å²) in [4.78, 5) is 57.2. The number of hydrogen-bond acceptors (Lipinski definition) is 10. The van der Waals surface area contributed by atoms with Crippen molar-refractivity contribution in [1.82, 2.24) is 0 Å². The maximum atomic E-state index is 12.0. The van der Waals surface area contributed by atoms with E-state index in [-0.39, 0.29) is 13.2 Å². The molecule has 0 N–H and O–H groups in total. The van der Waals surface area contributed by atoms with Gasteiger partial charge in [0.2, 0.25) is 6.10 Å².